The van der Waals surface area contributed by atoms with Gasteiger partial charge in [0, 0.05) is 26.2 Å². The van der Waals surface area contributed by atoms with Gasteiger partial charge in [-0.25, -0.2) is 4.79 Å². The van der Waals surface area contributed by atoms with Gasteiger partial charge in [-0.05, 0) is 12.6 Å². The molecule has 1 aliphatic rings. The maximum Gasteiger partial charge on any atom is 0.410 e. The second kappa shape index (κ2) is 16.8. The lowest BCUT2D eigenvalue weighted by molar-refractivity contribution is 0.0769. The van der Waals surface area contributed by atoms with Gasteiger partial charge in [0.25, 0.3) is 0 Å². The first-order valence-electron chi connectivity index (χ1n) is 8.90. The van der Waals surface area contributed by atoms with Crippen molar-refractivity contribution in [3.8, 4) is 0 Å². The van der Waals surface area contributed by atoms with E-state index >= 15 is 0 Å². The number of nitrogens with zero attached hydrogens (tertiary/aromatic N) is 2. The minimum absolute atomic E-state index is 0.207. The van der Waals surface area contributed by atoms with E-state index in [0.717, 1.165) is 31.7 Å². The smallest absolute Gasteiger partial charge is 0.410 e. The van der Waals surface area contributed by atoms with Crippen LogP contribution in [0, 0.1) is 0 Å². The maximum absolute atomic E-state index is 11.8. The zero-order valence-electron chi connectivity index (χ0n) is 16.1. The molecule has 1 aliphatic heterocycles. The molecule has 1 saturated heterocycles. The third-order valence-electron chi connectivity index (χ3n) is 2.97. The summed E-state index contributed by atoms with van der Waals surface area (Å²) in [6, 6.07) is 9.75. The summed E-state index contributed by atoms with van der Waals surface area (Å²) in [6.45, 7) is 15.7. The molecule has 4 nitrogen and oxygen atoms in total. The predicted molar refractivity (Wildman–Crippen MR) is 99.7 cm³/mol. The topological polar surface area (TPSA) is 32.8 Å². The number of carbonyl (C=O) groups is 1. The minimum Gasteiger partial charge on any atom is -0.445 e. The molecular weight excluding hydrogens is 288 g/mol. The van der Waals surface area contributed by atoms with E-state index in [4.69, 9.17) is 4.74 Å². The highest BCUT2D eigenvalue weighted by Gasteiger charge is 2.19. The summed E-state index contributed by atoms with van der Waals surface area (Å²) < 4.78 is 5.27. The SMILES string of the molecule is CC.CC.CC.CN1CCN(C(=O)OCc2ccccc2)CC1. The van der Waals surface area contributed by atoms with Crippen LogP contribution in [0.5, 0.6) is 0 Å². The van der Waals surface area contributed by atoms with E-state index in [1.54, 1.807) is 4.90 Å². The van der Waals surface area contributed by atoms with Crippen LogP contribution in [0.1, 0.15) is 47.1 Å². The Kier molecular flexibility index (Phi) is 17.3. The van der Waals surface area contributed by atoms with Crippen LogP contribution < -0.4 is 0 Å². The Morgan fingerprint density at radius 1 is 0.913 bits per heavy atom. The highest BCUT2D eigenvalue weighted by molar-refractivity contribution is 5.67. The molecule has 134 valence electrons. The highest BCUT2D eigenvalue weighted by Crippen LogP contribution is 2.05. The first-order valence-corrected chi connectivity index (χ1v) is 8.90. The van der Waals surface area contributed by atoms with Crippen molar-refractivity contribution in [3.63, 3.8) is 0 Å². The van der Waals surface area contributed by atoms with E-state index in [-0.39, 0.29) is 6.09 Å². The number of rotatable bonds is 2. The standard InChI is InChI=1S/C13H18N2O2.3C2H6/c1-14-7-9-15(10-8-14)13(16)17-11-12-5-3-2-4-6-12;3*1-2/h2-6H,7-11H2,1H3;3*1-2H3. The van der Waals surface area contributed by atoms with Crippen LogP contribution in [-0.2, 0) is 11.3 Å². The van der Waals surface area contributed by atoms with Gasteiger partial charge in [-0.15, -0.1) is 0 Å². The third-order valence-corrected chi connectivity index (χ3v) is 2.97. The zero-order valence-corrected chi connectivity index (χ0v) is 16.1. The second-order valence-corrected chi connectivity index (χ2v) is 4.33. The molecule has 0 atom stereocenters. The lowest BCUT2D eigenvalue weighted by atomic mass is 10.2. The average Bonchev–Trinajstić information content (AvgIpc) is 2.66. The van der Waals surface area contributed by atoms with Crippen molar-refractivity contribution in [1.29, 1.82) is 0 Å². The summed E-state index contributed by atoms with van der Waals surface area (Å²) in [5.41, 5.74) is 1.02. The summed E-state index contributed by atoms with van der Waals surface area (Å²) in [4.78, 5) is 15.7. The number of hydrogen-bond acceptors (Lipinski definition) is 3. The van der Waals surface area contributed by atoms with Crippen LogP contribution >= 0.6 is 0 Å². The number of amides is 1. The molecule has 4 heteroatoms. The molecule has 0 bridgehead atoms. The van der Waals surface area contributed by atoms with Crippen LogP contribution in [0.3, 0.4) is 0 Å². The molecule has 0 spiro atoms. The third kappa shape index (κ3) is 10.7. The van der Waals surface area contributed by atoms with Gasteiger partial charge >= 0.3 is 6.09 Å². The number of likely N-dealkylation sites (N-methyl/N-ethyl adjacent to an activating group) is 1. The Hall–Kier alpha value is -1.55. The number of benzene rings is 1. The molecule has 0 aromatic heterocycles. The van der Waals surface area contributed by atoms with Crippen LogP contribution in [0.25, 0.3) is 0 Å². The van der Waals surface area contributed by atoms with Crippen LogP contribution in [-0.4, -0.2) is 49.1 Å². The van der Waals surface area contributed by atoms with E-state index in [0.29, 0.717) is 6.61 Å². The summed E-state index contributed by atoms with van der Waals surface area (Å²) in [7, 11) is 2.06. The monoisotopic (exact) mass is 324 g/mol. The van der Waals surface area contributed by atoms with Crippen molar-refractivity contribution in [2.24, 2.45) is 0 Å². The predicted octanol–water partition coefficient (Wildman–Crippen LogP) is 4.65. The van der Waals surface area contributed by atoms with Crippen LogP contribution in [0.4, 0.5) is 4.79 Å². The van der Waals surface area contributed by atoms with Gasteiger partial charge in [-0.1, -0.05) is 71.9 Å². The van der Waals surface area contributed by atoms with Crippen LogP contribution in [0.15, 0.2) is 30.3 Å². The molecule has 0 aliphatic carbocycles. The van der Waals surface area contributed by atoms with Crippen molar-refractivity contribution in [2.45, 2.75) is 48.1 Å². The number of ether oxygens (including phenoxy) is 1. The fourth-order valence-corrected chi connectivity index (χ4v) is 1.80. The molecule has 0 saturated carbocycles. The van der Waals surface area contributed by atoms with Crippen LogP contribution in [0.2, 0.25) is 0 Å². The van der Waals surface area contributed by atoms with Gasteiger partial charge in [0.2, 0.25) is 0 Å². The molecule has 1 heterocycles. The van der Waals surface area contributed by atoms with Crippen molar-refractivity contribution in [2.75, 3.05) is 33.2 Å². The Balaban J connectivity index is 0. The van der Waals surface area contributed by atoms with Gasteiger partial charge in [0.15, 0.2) is 0 Å². The summed E-state index contributed by atoms with van der Waals surface area (Å²) >= 11 is 0. The van der Waals surface area contributed by atoms with Crippen molar-refractivity contribution in [1.82, 2.24) is 9.80 Å². The Labute approximate surface area is 143 Å². The maximum atomic E-state index is 11.8. The Morgan fingerprint density at radius 2 is 1.39 bits per heavy atom. The molecule has 1 aromatic carbocycles. The molecule has 0 N–H and O–H groups in total. The Bertz CT molecular complexity index is 361. The van der Waals surface area contributed by atoms with Gasteiger partial charge in [-0.3, -0.25) is 0 Å². The first kappa shape index (κ1) is 23.7. The van der Waals surface area contributed by atoms with E-state index in [1.165, 1.54) is 0 Å². The highest BCUT2D eigenvalue weighted by atomic mass is 16.6. The largest absolute Gasteiger partial charge is 0.445 e. The summed E-state index contributed by atoms with van der Waals surface area (Å²) in [5, 5.41) is 0. The average molecular weight is 325 g/mol. The lowest BCUT2D eigenvalue weighted by Crippen LogP contribution is -2.47. The zero-order chi connectivity index (χ0) is 18.1. The molecule has 23 heavy (non-hydrogen) atoms. The fourth-order valence-electron chi connectivity index (χ4n) is 1.80. The van der Waals surface area contributed by atoms with Crippen molar-refractivity contribution in [3.05, 3.63) is 35.9 Å². The van der Waals surface area contributed by atoms with E-state index in [2.05, 4.69) is 11.9 Å². The second-order valence-electron chi connectivity index (χ2n) is 4.33. The number of hydrogen-bond donors (Lipinski definition) is 0. The van der Waals surface area contributed by atoms with Gasteiger partial charge in [-0.2, -0.15) is 0 Å². The quantitative estimate of drug-likeness (QED) is 0.794. The summed E-state index contributed by atoms with van der Waals surface area (Å²) in [5.74, 6) is 0. The molecule has 1 aromatic rings. The van der Waals surface area contributed by atoms with Gasteiger partial charge < -0.3 is 14.5 Å². The normalized spacial score (nSPS) is 13.3. The van der Waals surface area contributed by atoms with Gasteiger partial charge in [0.05, 0.1) is 0 Å². The molecule has 0 radical (unpaired) electrons. The van der Waals surface area contributed by atoms with E-state index in [9.17, 15) is 4.79 Å². The molecule has 2 rings (SSSR count). The molecule has 1 amide bonds. The first-order chi connectivity index (χ1) is 11.3. The fraction of sp³-hybridized carbons (Fsp3) is 0.632. The van der Waals surface area contributed by atoms with Gasteiger partial charge in [0.1, 0.15) is 6.61 Å². The number of piperazine rings is 1. The van der Waals surface area contributed by atoms with Crippen molar-refractivity contribution >= 4 is 6.09 Å². The number of carbonyl (C=O) groups excluding carboxylic acids is 1. The van der Waals surface area contributed by atoms with E-state index in [1.807, 2.05) is 71.9 Å². The summed E-state index contributed by atoms with van der Waals surface area (Å²) in [6.07, 6.45) is -0.207. The minimum atomic E-state index is -0.207. The van der Waals surface area contributed by atoms with Crippen molar-refractivity contribution < 1.29 is 9.53 Å². The molecule has 1 fully saturated rings. The molecular formula is C19H36N2O2. The Morgan fingerprint density at radius 3 is 1.87 bits per heavy atom. The van der Waals surface area contributed by atoms with E-state index < -0.39 is 0 Å². The lowest BCUT2D eigenvalue weighted by Gasteiger charge is -2.31. The molecule has 0 unspecified atom stereocenters.